The van der Waals surface area contributed by atoms with Gasteiger partial charge in [0, 0.05) is 22.7 Å². The molecule has 34 heavy (non-hydrogen) atoms. The van der Waals surface area contributed by atoms with E-state index in [1.54, 1.807) is 30.3 Å². The summed E-state index contributed by atoms with van der Waals surface area (Å²) in [4.78, 5) is 24.7. The molecule has 3 amide bonds. The van der Waals surface area contributed by atoms with E-state index < -0.39 is 0 Å². The van der Waals surface area contributed by atoms with E-state index in [1.165, 1.54) is 6.08 Å². The van der Waals surface area contributed by atoms with Gasteiger partial charge in [-0.25, -0.2) is 4.79 Å². The van der Waals surface area contributed by atoms with Crippen LogP contribution in [-0.4, -0.2) is 29.0 Å². The zero-order chi connectivity index (χ0) is 24.0. The number of hydrogen-bond acceptors (Lipinski definition) is 3. The number of amides is 3. The first-order valence-electron chi connectivity index (χ1n) is 11.1. The number of nitrogens with one attached hydrogen (secondary N) is 3. The third kappa shape index (κ3) is 9.27. The van der Waals surface area contributed by atoms with E-state index in [0.29, 0.717) is 24.4 Å². The topological polar surface area (TPSA) is 79.5 Å². The molecule has 0 aromatic heterocycles. The standard InChI is InChI=1S/C27H28IN3O3/c28-18-7-19-29-26(32)17-14-23(20-21-8-3-1-4-9-21)31-27(33)30-22-12-15-25(16-13-22)34-24-10-5-2-6-11-24/h1-6,8-17,23H,7,18-20H2,(H,29,32)(H2,30,31,33)/b17-14+/t23-/m1/s1. The van der Waals surface area contributed by atoms with E-state index in [0.717, 1.165) is 22.2 Å². The number of carbonyl (C=O) groups is 2. The van der Waals surface area contributed by atoms with Crippen molar-refractivity contribution in [1.82, 2.24) is 10.6 Å². The molecule has 0 radical (unpaired) electrons. The van der Waals surface area contributed by atoms with Crippen LogP contribution in [0.4, 0.5) is 10.5 Å². The number of para-hydroxylation sites is 1. The molecular formula is C27H28IN3O3. The normalized spacial score (nSPS) is 11.6. The summed E-state index contributed by atoms with van der Waals surface area (Å²) in [5, 5.41) is 8.63. The molecule has 6 nitrogen and oxygen atoms in total. The largest absolute Gasteiger partial charge is 0.457 e. The highest BCUT2D eigenvalue weighted by Gasteiger charge is 2.11. The van der Waals surface area contributed by atoms with E-state index in [1.807, 2.05) is 60.7 Å². The fourth-order valence-electron chi connectivity index (χ4n) is 3.14. The Hall–Kier alpha value is -3.33. The van der Waals surface area contributed by atoms with Crippen molar-refractivity contribution in [2.45, 2.75) is 18.9 Å². The molecule has 0 unspecified atom stereocenters. The molecule has 0 aliphatic heterocycles. The lowest BCUT2D eigenvalue weighted by Crippen LogP contribution is -2.38. The Balaban J connectivity index is 1.58. The van der Waals surface area contributed by atoms with Gasteiger partial charge >= 0.3 is 6.03 Å². The molecule has 7 heteroatoms. The monoisotopic (exact) mass is 569 g/mol. The Labute approximate surface area is 213 Å². The van der Waals surface area contributed by atoms with Crippen LogP contribution < -0.4 is 20.7 Å². The lowest BCUT2D eigenvalue weighted by Gasteiger charge is -2.16. The quantitative estimate of drug-likeness (QED) is 0.120. The van der Waals surface area contributed by atoms with Crippen LogP contribution in [0.25, 0.3) is 0 Å². The molecule has 0 spiro atoms. The number of rotatable bonds is 11. The zero-order valence-corrected chi connectivity index (χ0v) is 20.9. The Morgan fingerprint density at radius 1 is 0.882 bits per heavy atom. The molecular weight excluding hydrogens is 541 g/mol. The fourth-order valence-corrected chi connectivity index (χ4v) is 3.52. The van der Waals surface area contributed by atoms with Gasteiger partial charge in [0.2, 0.25) is 5.91 Å². The first-order valence-corrected chi connectivity index (χ1v) is 12.6. The third-order valence-corrected chi connectivity index (χ3v) is 5.56. The molecule has 3 aromatic carbocycles. The number of carbonyl (C=O) groups excluding carboxylic acids is 2. The average Bonchev–Trinajstić information content (AvgIpc) is 2.85. The maximum atomic E-state index is 12.7. The molecule has 0 aliphatic rings. The predicted molar refractivity (Wildman–Crippen MR) is 145 cm³/mol. The van der Waals surface area contributed by atoms with Gasteiger partial charge in [-0.05, 0) is 54.8 Å². The molecule has 0 bridgehead atoms. The van der Waals surface area contributed by atoms with Crippen LogP contribution >= 0.6 is 22.6 Å². The molecule has 0 saturated heterocycles. The van der Waals surface area contributed by atoms with Crippen LogP contribution in [0.2, 0.25) is 0 Å². The van der Waals surface area contributed by atoms with Gasteiger partial charge < -0.3 is 20.7 Å². The smallest absolute Gasteiger partial charge is 0.319 e. The lowest BCUT2D eigenvalue weighted by atomic mass is 10.1. The predicted octanol–water partition coefficient (Wildman–Crippen LogP) is 5.71. The van der Waals surface area contributed by atoms with E-state index in [9.17, 15) is 9.59 Å². The second-order valence-corrected chi connectivity index (χ2v) is 8.61. The van der Waals surface area contributed by atoms with Crippen molar-refractivity contribution in [3.63, 3.8) is 0 Å². The second kappa shape index (κ2) is 14.0. The summed E-state index contributed by atoms with van der Waals surface area (Å²) in [6.07, 6.45) is 4.69. The van der Waals surface area contributed by atoms with Gasteiger partial charge in [-0.1, -0.05) is 77.2 Å². The molecule has 0 saturated carbocycles. The van der Waals surface area contributed by atoms with Gasteiger partial charge in [0.25, 0.3) is 0 Å². The van der Waals surface area contributed by atoms with Crippen molar-refractivity contribution in [1.29, 1.82) is 0 Å². The molecule has 176 valence electrons. The SMILES string of the molecule is O=C(/C=C/[C@H](Cc1ccccc1)NC(=O)Nc1ccc(Oc2ccccc2)cc1)NCCCI. The molecule has 1 atom stereocenters. The Bertz CT molecular complexity index is 1060. The number of hydrogen-bond donors (Lipinski definition) is 3. The number of anilines is 1. The average molecular weight is 569 g/mol. The summed E-state index contributed by atoms with van der Waals surface area (Å²) >= 11 is 2.28. The Kier molecular flexibility index (Phi) is 10.4. The highest BCUT2D eigenvalue weighted by Crippen LogP contribution is 2.22. The van der Waals surface area contributed by atoms with E-state index in [4.69, 9.17) is 4.74 Å². The fraction of sp³-hybridized carbons (Fsp3) is 0.185. The first-order chi connectivity index (χ1) is 16.6. The molecule has 3 N–H and O–H groups in total. The number of ether oxygens (including phenoxy) is 1. The maximum absolute atomic E-state index is 12.7. The number of halogens is 1. The minimum absolute atomic E-state index is 0.167. The molecule has 3 rings (SSSR count). The van der Waals surface area contributed by atoms with Crippen LogP contribution in [-0.2, 0) is 11.2 Å². The molecule has 0 aliphatic carbocycles. The second-order valence-electron chi connectivity index (χ2n) is 7.53. The van der Waals surface area contributed by atoms with Crippen molar-refractivity contribution in [2.24, 2.45) is 0 Å². The highest BCUT2D eigenvalue weighted by atomic mass is 127. The molecule has 0 heterocycles. The van der Waals surface area contributed by atoms with E-state index in [-0.39, 0.29) is 18.0 Å². The Morgan fingerprint density at radius 2 is 1.53 bits per heavy atom. The summed E-state index contributed by atoms with van der Waals surface area (Å²) in [6, 6.07) is 25.8. The van der Waals surface area contributed by atoms with Gasteiger partial charge in [-0.3, -0.25) is 4.79 Å². The van der Waals surface area contributed by atoms with E-state index in [2.05, 4.69) is 38.5 Å². The van der Waals surface area contributed by atoms with Crippen LogP contribution in [0, 0.1) is 0 Å². The summed E-state index contributed by atoms with van der Waals surface area (Å²) in [6.45, 7) is 0.632. The minimum Gasteiger partial charge on any atom is -0.457 e. The van der Waals surface area contributed by atoms with E-state index >= 15 is 0 Å². The van der Waals surface area contributed by atoms with Gasteiger partial charge in [-0.15, -0.1) is 0 Å². The van der Waals surface area contributed by atoms with Gasteiger partial charge in [0.05, 0.1) is 6.04 Å². The summed E-state index contributed by atoms with van der Waals surface area (Å²) in [7, 11) is 0. The number of benzene rings is 3. The van der Waals surface area contributed by atoms with Crippen molar-refractivity contribution >= 4 is 40.2 Å². The van der Waals surface area contributed by atoms with Crippen molar-refractivity contribution in [2.75, 3.05) is 16.3 Å². The lowest BCUT2D eigenvalue weighted by molar-refractivity contribution is -0.116. The van der Waals surface area contributed by atoms with Crippen molar-refractivity contribution in [3.8, 4) is 11.5 Å². The summed E-state index contributed by atoms with van der Waals surface area (Å²) in [5.74, 6) is 1.25. The zero-order valence-electron chi connectivity index (χ0n) is 18.7. The van der Waals surface area contributed by atoms with Crippen LogP contribution in [0.1, 0.15) is 12.0 Å². The van der Waals surface area contributed by atoms with Crippen LogP contribution in [0.5, 0.6) is 11.5 Å². The summed E-state index contributed by atoms with van der Waals surface area (Å²) in [5.41, 5.74) is 1.70. The minimum atomic E-state index is -0.354. The highest BCUT2D eigenvalue weighted by molar-refractivity contribution is 14.1. The van der Waals surface area contributed by atoms with Crippen molar-refractivity contribution < 1.29 is 14.3 Å². The number of urea groups is 1. The Morgan fingerprint density at radius 3 is 2.21 bits per heavy atom. The van der Waals surface area contributed by atoms with Gasteiger partial charge in [-0.2, -0.15) is 0 Å². The summed E-state index contributed by atoms with van der Waals surface area (Å²) < 4.78 is 6.77. The number of alkyl halides is 1. The van der Waals surface area contributed by atoms with Crippen LogP contribution in [0.15, 0.2) is 97.1 Å². The maximum Gasteiger partial charge on any atom is 0.319 e. The first kappa shape index (κ1) is 25.3. The molecule has 0 fully saturated rings. The van der Waals surface area contributed by atoms with Gasteiger partial charge in [0.15, 0.2) is 0 Å². The van der Waals surface area contributed by atoms with Crippen molar-refractivity contribution in [3.05, 3.63) is 103 Å². The molecule has 3 aromatic rings. The van der Waals surface area contributed by atoms with Crippen LogP contribution in [0.3, 0.4) is 0 Å². The third-order valence-electron chi connectivity index (χ3n) is 4.80. The van der Waals surface area contributed by atoms with Gasteiger partial charge in [0.1, 0.15) is 11.5 Å².